The van der Waals surface area contributed by atoms with Crippen molar-refractivity contribution < 1.29 is 49.1 Å². The average Bonchev–Trinajstić information content (AvgIpc) is 3.48. The number of nitrogens with one attached hydrogen (secondary N) is 1. The Hall–Kier alpha value is -3.41. The van der Waals surface area contributed by atoms with Gasteiger partial charge in [-0.15, -0.1) is 0 Å². The number of hydrogen-bond donors (Lipinski definition) is 1. The number of ether oxygens (including phenoxy) is 2. The number of quaternary nitrogens is 1. The first kappa shape index (κ1) is 41.3. The van der Waals surface area contributed by atoms with Gasteiger partial charge in [-0.3, -0.25) is 9.05 Å². The molecule has 282 valence electrons. The minimum atomic E-state index is -5.24. The molecule has 9 nitrogen and oxygen atoms in total. The van der Waals surface area contributed by atoms with E-state index in [2.05, 4.69) is 14.4 Å². The highest BCUT2D eigenvalue weighted by molar-refractivity contribution is 7.98. The molecule has 1 aromatic heterocycles. The van der Waals surface area contributed by atoms with Crippen molar-refractivity contribution in [2.75, 3.05) is 34.8 Å². The van der Waals surface area contributed by atoms with E-state index in [1.807, 2.05) is 30.5 Å². The zero-order chi connectivity index (χ0) is 38.8. The highest BCUT2D eigenvalue weighted by Gasteiger charge is 2.44. The van der Waals surface area contributed by atoms with Gasteiger partial charge in [-0.2, -0.15) is 13.2 Å². The van der Waals surface area contributed by atoms with Crippen LogP contribution in [0.1, 0.15) is 37.1 Å². The van der Waals surface area contributed by atoms with Gasteiger partial charge in [0, 0.05) is 28.4 Å². The van der Waals surface area contributed by atoms with Gasteiger partial charge in [-0.1, -0.05) is 54.9 Å². The number of carbonyl (C=O) groups is 1. The predicted octanol–water partition coefficient (Wildman–Crippen LogP) is 7.89. The van der Waals surface area contributed by atoms with Crippen LogP contribution in [0.15, 0.2) is 70.8 Å². The Bertz CT molecular complexity index is 2040. The molecule has 1 unspecified atom stereocenters. The summed E-state index contributed by atoms with van der Waals surface area (Å²) in [6, 6.07) is 13.0. The molecule has 0 aliphatic carbocycles. The number of methoxy groups -OCH3 is 1. The van der Waals surface area contributed by atoms with Crippen LogP contribution in [0.4, 0.5) is 22.0 Å². The summed E-state index contributed by atoms with van der Waals surface area (Å²) in [6.45, 7) is 3.45. The van der Waals surface area contributed by atoms with Crippen LogP contribution in [0.5, 0.6) is 5.75 Å². The maximum Gasteiger partial charge on any atom is 0.491 e. The number of carbonyl (C=O) groups excluding carboxylic acids is 1. The van der Waals surface area contributed by atoms with Gasteiger partial charge in [0.2, 0.25) is 16.3 Å². The van der Waals surface area contributed by atoms with Crippen LogP contribution >= 0.6 is 35.0 Å². The van der Waals surface area contributed by atoms with Crippen LogP contribution in [-0.4, -0.2) is 75.6 Å². The highest BCUT2D eigenvalue weighted by atomic mass is 35.5. The van der Waals surface area contributed by atoms with E-state index in [4.69, 9.17) is 27.9 Å². The summed E-state index contributed by atoms with van der Waals surface area (Å²) >= 11 is 13.8. The van der Waals surface area contributed by atoms with Gasteiger partial charge in [0.1, 0.15) is 22.3 Å². The molecule has 1 atom stereocenters. The molecule has 0 saturated carbocycles. The van der Waals surface area contributed by atoms with Crippen LogP contribution in [0.25, 0.3) is 5.69 Å². The molecular weight excluding hydrogens is 774 g/mol. The number of halogens is 7. The molecule has 0 amide bonds. The summed E-state index contributed by atoms with van der Waals surface area (Å²) in [4.78, 5) is 15.3. The van der Waals surface area contributed by atoms with Crippen LogP contribution < -0.4 is 9.46 Å². The van der Waals surface area contributed by atoms with Gasteiger partial charge in [0.05, 0.1) is 51.6 Å². The maximum atomic E-state index is 15.1. The first-order valence-electron chi connectivity index (χ1n) is 15.4. The van der Waals surface area contributed by atoms with E-state index in [1.165, 1.54) is 40.4 Å². The minimum absolute atomic E-state index is 0.0193. The number of benzene rings is 3. The van der Waals surface area contributed by atoms with Crippen LogP contribution in [0.2, 0.25) is 10.0 Å². The Balaban J connectivity index is 1.62. The van der Waals surface area contributed by atoms with E-state index >= 15 is 4.39 Å². The molecule has 0 fully saturated rings. The fraction of sp³-hybridized carbons (Fsp3) is 0.353. The molecular formula is C34H36Cl2F5N4O5S2+. The third kappa shape index (κ3) is 9.57. The molecule has 4 aromatic rings. The van der Waals surface area contributed by atoms with Crippen molar-refractivity contribution in [2.24, 2.45) is 0 Å². The first-order chi connectivity index (χ1) is 24.1. The van der Waals surface area contributed by atoms with Gasteiger partial charge in [0.25, 0.3) is 0 Å². The van der Waals surface area contributed by atoms with Crippen molar-refractivity contribution in [3.63, 3.8) is 0 Å². The largest absolute Gasteiger partial charge is 0.495 e. The van der Waals surface area contributed by atoms with Crippen molar-refractivity contribution >= 4 is 51.0 Å². The molecule has 0 saturated heterocycles. The standard InChI is InChI=1S/C34H36Cl2F5N4O5S2/c1-33(2,21-7-12-24(35)27(16-21)49-6)29-18-42-32(44(29)23-10-8-22(37)9-11-23)51-19-20-15-28(26(38)17-25(20)36)52(47,48)43-14-13-30(45(3,4)5)50-31(46)34(39,40)41/h7-12,15-18,30,43H,13-14,19H2,1-6H3/q+1. The summed E-state index contributed by atoms with van der Waals surface area (Å²) in [7, 11) is 1.34. The van der Waals surface area contributed by atoms with E-state index in [-0.39, 0.29) is 27.2 Å². The van der Waals surface area contributed by atoms with Gasteiger partial charge < -0.3 is 9.47 Å². The van der Waals surface area contributed by atoms with Crippen molar-refractivity contribution in [2.45, 2.75) is 53.9 Å². The average molecular weight is 811 g/mol. The van der Waals surface area contributed by atoms with Crippen molar-refractivity contribution in [3.8, 4) is 11.4 Å². The number of aromatic nitrogens is 2. The van der Waals surface area contributed by atoms with Gasteiger partial charge in [0.15, 0.2) is 5.16 Å². The third-order valence-corrected chi connectivity index (χ3v) is 11.2. The molecule has 1 N–H and O–H groups in total. The van der Waals surface area contributed by atoms with Gasteiger partial charge >= 0.3 is 12.1 Å². The molecule has 0 aliphatic rings. The number of esters is 1. The number of imidazole rings is 1. The van der Waals surface area contributed by atoms with E-state index < -0.39 is 56.9 Å². The smallest absolute Gasteiger partial charge is 0.491 e. The second-order valence-electron chi connectivity index (χ2n) is 13.0. The number of hydrogen-bond acceptors (Lipinski definition) is 7. The lowest BCUT2D eigenvalue weighted by atomic mass is 9.81. The molecule has 0 spiro atoms. The summed E-state index contributed by atoms with van der Waals surface area (Å²) in [5.74, 6) is -3.53. The molecule has 4 rings (SSSR count). The van der Waals surface area contributed by atoms with Crippen molar-refractivity contribution in [3.05, 3.63) is 99.3 Å². The van der Waals surface area contributed by atoms with Crippen LogP contribution in [-0.2, 0) is 30.7 Å². The molecule has 3 aromatic carbocycles. The van der Waals surface area contributed by atoms with Gasteiger partial charge in [-0.25, -0.2) is 31.7 Å². The fourth-order valence-electron chi connectivity index (χ4n) is 5.13. The number of rotatable bonds is 14. The highest BCUT2D eigenvalue weighted by Crippen LogP contribution is 2.40. The fourth-order valence-corrected chi connectivity index (χ4v) is 7.76. The summed E-state index contributed by atoms with van der Waals surface area (Å²) in [5, 5.41) is 0.790. The summed E-state index contributed by atoms with van der Waals surface area (Å²) < 4.78 is 108. The van der Waals surface area contributed by atoms with Crippen molar-refractivity contribution in [1.29, 1.82) is 0 Å². The minimum Gasteiger partial charge on any atom is -0.495 e. The topological polar surface area (TPSA) is 99.5 Å². The van der Waals surface area contributed by atoms with Gasteiger partial charge in [-0.05, 0) is 59.7 Å². The Kier molecular flexibility index (Phi) is 12.6. The lowest BCUT2D eigenvalue weighted by Gasteiger charge is -2.33. The van der Waals surface area contributed by atoms with E-state index in [0.717, 1.165) is 29.5 Å². The number of alkyl halides is 3. The number of thioether (sulfide) groups is 1. The molecule has 1 heterocycles. The Morgan fingerprint density at radius 1 is 1.02 bits per heavy atom. The second kappa shape index (κ2) is 15.9. The van der Waals surface area contributed by atoms with E-state index in [0.29, 0.717) is 27.3 Å². The Morgan fingerprint density at radius 2 is 1.67 bits per heavy atom. The van der Waals surface area contributed by atoms with E-state index in [1.54, 1.807) is 24.4 Å². The third-order valence-electron chi connectivity index (χ3n) is 8.10. The monoisotopic (exact) mass is 809 g/mol. The maximum absolute atomic E-state index is 15.1. The zero-order valence-corrected chi connectivity index (χ0v) is 32.0. The van der Waals surface area contributed by atoms with Crippen LogP contribution in [0.3, 0.4) is 0 Å². The number of nitrogens with zero attached hydrogens (tertiary/aromatic N) is 3. The Labute approximate surface area is 312 Å². The zero-order valence-electron chi connectivity index (χ0n) is 28.8. The molecule has 18 heteroatoms. The molecule has 0 bridgehead atoms. The quantitative estimate of drug-likeness (QED) is 0.0455. The predicted molar refractivity (Wildman–Crippen MR) is 188 cm³/mol. The SMILES string of the molecule is COc1cc(C(C)(C)c2cnc(SCc3cc(S(=O)(=O)NCCC(OC(=O)C(F)(F)F)[N+](C)(C)C)c(F)cc3Cl)n2-c2ccc(F)cc2)ccc1Cl. The second-order valence-corrected chi connectivity index (χ2v) is 16.5. The number of sulfonamides is 1. The normalized spacial score (nSPS) is 13.2. The lowest BCUT2D eigenvalue weighted by molar-refractivity contribution is -0.917. The first-order valence-corrected chi connectivity index (χ1v) is 18.7. The molecule has 0 radical (unpaired) electrons. The van der Waals surface area contributed by atoms with Crippen molar-refractivity contribution in [1.82, 2.24) is 14.3 Å². The summed E-state index contributed by atoms with van der Waals surface area (Å²) in [6.07, 6.45) is -5.31. The molecule has 52 heavy (non-hydrogen) atoms. The lowest BCUT2D eigenvalue weighted by Crippen LogP contribution is -2.50. The summed E-state index contributed by atoms with van der Waals surface area (Å²) in [5.41, 5.74) is 1.65. The molecule has 0 aliphatic heterocycles. The van der Waals surface area contributed by atoms with Crippen LogP contribution in [0, 0.1) is 11.6 Å². The van der Waals surface area contributed by atoms with E-state index in [9.17, 15) is 30.8 Å². The Morgan fingerprint density at radius 3 is 2.27 bits per heavy atom.